The van der Waals surface area contributed by atoms with Crippen molar-refractivity contribution in [3.8, 4) is 0 Å². The van der Waals surface area contributed by atoms with Crippen LogP contribution in [-0.2, 0) is 4.79 Å². The summed E-state index contributed by atoms with van der Waals surface area (Å²) in [6.45, 7) is 5.74. The predicted molar refractivity (Wildman–Crippen MR) is 86.2 cm³/mol. The molecular weight excluding hydrogens is 282 g/mol. The zero-order valence-electron chi connectivity index (χ0n) is 13.5. The van der Waals surface area contributed by atoms with E-state index in [4.69, 9.17) is 5.11 Å². The van der Waals surface area contributed by atoms with Crippen molar-refractivity contribution in [1.29, 1.82) is 0 Å². The normalized spacial score (nSPS) is 11.3. The molecule has 0 atom stereocenters. The smallest absolute Gasteiger partial charge is 0.335 e. The fourth-order valence-electron chi connectivity index (χ4n) is 2.62. The lowest BCUT2D eigenvalue weighted by atomic mass is 9.89. The molecule has 5 nitrogen and oxygen atoms in total. The number of benzene rings is 1. The van der Waals surface area contributed by atoms with Gasteiger partial charge in [-0.1, -0.05) is 32.8 Å². The topological polar surface area (TPSA) is 86.6 Å². The fraction of sp³-hybridized carbons (Fsp3) is 0.529. The van der Waals surface area contributed by atoms with Crippen LogP contribution in [0.3, 0.4) is 0 Å². The zero-order valence-corrected chi connectivity index (χ0v) is 13.5. The van der Waals surface area contributed by atoms with Crippen LogP contribution < -0.4 is 5.32 Å². The summed E-state index contributed by atoms with van der Waals surface area (Å²) in [6.07, 6.45) is 2.77. The summed E-state index contributed by atoms with van der Waals surface area (Å²) in [4.78, 5) is 23.2. The minimum atomic E-state index is -1.04. The molecule has 1 amide bonds. The summed E-state index contributed by atoms with van der Waals surface area (Å²) in [5.41, 5.74) is 0.387. The molecule has 0 bridgehead atoms. The van der Waals surface area contributed by atoms with Gasteiger partial charge in [0.1, 0.15) is 0 Å². The van der Waals surface area contributed by atoms with Crippen molar-refractivity contribution in [2.24, 2.45) is 0 Å². The standard InChI is InChI=1S/C17H25NO4/c1-4-8-17(22,9-5-2)11-15(19)18-14-10-13(16(20)21)7-6-12(14)3/h6-7,10,22H,4-5,8-9,11H2,1-3H3,(H,18,19)(H,20,21). The average Bonchev–Trinajstić information content (AvgIpc) is 2.41. The number of amides is 1. The van der Waals surface area contributed by atoms with Gasteiger partial charge in [-0.15, -0.1) is 0 Å². The number of hydrogen-bond donors (Lipinski definition) is 3. The van der Waals surface area contributed by atoms with E-state index in [-0.39, 0.29) is 17.9 Å². The van der Waals surface area contributed by atoms with Crippen molar-refractivity contribution < 1.29 is 19.8 Å². The summed E-state index contributed by atoms with van der Waals surface area (Å²) in [7, 11) is 0. The SMILES string of the molecule is CCCC(O)(CCC)CC(=O)Nc1cc(C(=O)O)ccc1C. The van der Waals surface area contributed by atoms with E-state index in [2.05, 4.69) is 5.32 Å². The molecule has 3 N–H and O–H groups in total. The van der Waals surface area contributed by atoms with Gasteiger partial charge in [0.25, 0.3) is 0 Å². The molecule has 0 aliphatic rings. The lowest BCUT2D eigenvalue weighted by molar-refractivity contribution is -0.121. The number of carbonyl (C=O) groups excluding carboxylic acids is 1. The largest absolute Gasteiger partial charge is 0.478 e. The number of rotatable bonds is 8. The van der Waals surface area contributed by atoms with Crippen LogP contribution in [0.2, 0.25) is 0 Å². The van der Waals surface area contributed by atoms with E-state index in [0.717, 1.165) is 18.4 Å². The first-order chi connectivity index (χ1) is 10.3. The van der Waals surface area contributed by atoms with E-state index in [9.17, 15) is 14.7 Å². The Balaban J connectivity index is 2.83. The Hall–Kier alpha value is -1.88. The quantitative estimate of drug-likeness (QED) is 0.687. The zero-order chi connectivity index (χ0) is 16.8. The van der Waals surface area contributed by atoms with Gasteiger partial charge in [0.05, 0.1) is 17.6 Å². The number of carbonyl (C=O) groups is 2. The maximum Gasteiger partial charge on any atom is 0.335 e. The third-order valence-corrected chi connectivity index (χ3v) is 3.68. The molecule has 0 fully saturated rings. The van der Waals surface area contributed by atoms with E-state index in [0.29, 0.717) is 18.5 Å². The number of aromatic carboxylic acids is 1. The highest BCUT2D eigenvalue weighted by atomic mass is 16.4. The van der Waals surface area contributed by atoms with Gasteiger partial charge in [0.15, 0.2) is 0 Å². The highest BCUT2D eigenvalue weighted by Crippen LogP contribution is 2.25. The monoisotopic (exact) mass is 307 g/mol. The number of aliphatic hydroxyl groups is 1. The molecule has 122 valence electrons. The minimum Gasteiger partial charge on any atom is -0.478 e. The predicted octanol–water partition coefficient (Wildman–Crippen LogP) is 3.35. The Labute approximate surface area is 131 Å². The van der Waals surface area contributed by atoms with Crippen LogP contribution >= 0.6 is 0 Å². The number of aryl methyl sites for hydroxylation is 1. The van der Waals surface area contributed by atoms with Gasteiger partial charge in [-0.05, 0) is 37.5 Å². The van der Waals surface area contributed by atoms with Gasteiger partial charge in [-0.3, -0.25) is 4.79 Å². The number of nitrogens with one attached hydrogen (secondary N) is 1. The highest BCUT2D eigenvalue weighted by Gasteiger charge is 2.28. The molecule has 0 unspecified atom stereocenters. The molecule has 0 saturated carbocycles. The molecule has 0 saturated heterocycles. The van der Waals surface area contributed by atoms with Crippen LogP contribution in [0, 0.1) is 6.92 Å². The van der Waals surface area contributed by atoms with Crippen molar-refractivity contribution in [1.82, 2.24) is 0 Å². The lowest BCUT2D eigenvalue weighted by Crippen LogP contribution is -2.34. The van der Waals surface area contributed by atoms with E-state index in [1.165, 1.54) is 12.1 Å². The summed E-state index contributed by atoms with van der Waals surface area (Å²) in [5.74, 6) is -1.33. The number of hydrogen-bond acceptors (Lipinski definition) is 3. The van der Waals surface area contributed by atoms with Crippen molar-refractivity contribution >= 4 is 17.6 Å². The highest BCUT2D eigenvalue weighted by molar-refractivity contribution is 5.95. The summed E-state index contributed by atoms with van der Waals surface area (Å²) in [5, 5.41) is 22.2. The molecule has 22 heavy (non-hydrogen) atoms. The first-order valence-electron chi connectivity index (χ1n) is 7.67. The molecule has 0 spiro atoms. The Morgan fingerprint density at radius 1 is 1.18 bits per heavy atom. The second-order valence-electron chi connectivity index (χ2n) is 5.78. The molecule has 5 heteroatoms. The van der Waals surface area contributed by atoms with Crippen LogP contribution in [0.1, 0.15) is 61.9 Å². The average molecular weight is 307 g/mol. The van der Waals surface area contributed by atoms with E-state index < -0.39 is 11.6 Å². The molecule has 1 aromatic rings. The van der Waals surface area contributed by atoms with Gasteiger partial charge in [0.2, 0.25) is 5.91 Å². The lowest BCUT2D eigenvalue weighted by Gasteiger charge is -2.27. The first kappa shape index (κ1) is 18.2. The second kappa shape index (κ2) is 7.94. The van der Waals surface area contributed by atoms with Crippen molar-refractivity contribution in [2.75, 3.05) is 5.32 Å². The number of carboxylic acid groups (broad SMARTS) is 1. The molecule has 0 aliphatic heterocycles. The minimum absolute atomic E-state index is 0.0193. The van der Waals surface area contributed by atoms with Crippen LogP contribution in [0.25, 0.3) is 0 Å². The Kier molecular flexibility index (Phi) is 6.56. The molecular formula is C17H25NO4. The fourth-order valence-corrected chi connectivity index (χ4v) is 2.62. The maximum atomic E-state index is 12.2. The van der Waals surface area contributed by atoms with E-state index in [1.807, 2.05) is 13.8 Å². The Morgan fingerprint density at radius 3 is 2.27 bits per heavy atom. The molecule has 0 aliphatic carbocycles. The molecule has 0 radical (unpaired) electrons. The van der Waals surface area contributed by atoms with Crippen LogP contribution in [0.15, 0.2) is 18.2 Å². The van der Waals surface area contributed by atoms with Crippen LogP contribution in [0.4, 0.5) is 5.69 Å². The van der Waals surface area contributed by atoms with Gasteiger partial charge in [-0.2, -0.15) is 0 Å². The van der Waals surface area contributed by atoms with Gasteiger partial charge in [0, 0.05) is 5.69 Å². The molecule has 1 rings (SSSR count). The summed E-state index contributed by atoms with van der Waals surface area (Å²) < 4.78 is 0. The molecule has 0 heterocycles. The second-order valence-corrected chi connectivity index (χ2v) is 5.78. The third kappa shape index (κ3) is 5.15. The Morgan fingerprint density at radius 2 is 1.77 bits per heavy atom. The van der Waals surface area contributed by atoms with E-state index >= 15 is 0 Å². The molecule has 0 aromatic heterocycles. The van der Waals surface area contributed by atoms with Gasteiger partial charge in [-0.25, -0.2) is 4.79 Å². The van der Waals surface area contributed by atoms with E-state index in [1.54, 1.807) is 13.0 Å². The maximum absolute atomic E-state index is 12.2. The number of carboxylic acids is 1. The summed E-state index contributed by atoms with van der Waals surface area (Å²) in [6, 6.07) is 4.59. The third-order valence-electron chi connectivity index (χ3n) is 3.68. The van der Waals surface area contributed by atoms with Crippen LogP contribution in [0.5, 0.6) is 0 Å². The first-order valence-corrected chi connectivity index (χ1v) is 7.67. The summed E-state index contributed by atoms with van der Waals surface area (Å²) >= 11 is 0. The van der Waals surface area contributed by atoms with Gasteiger partial charge < -0.3 is 15.5 Å². The number of anilines is 1. The van der Waals surface area contributed by atoms with Crippen LogP contribution in [-0.4, -0.2) is 27.7 Å². The van der Waals surface area contributed by atoms with Crippen molar-refractivity contribution in [3.63, 3.8) is 0 Å². The van der Waals surface area contributed by atoms with Gasteiger partial charge >= 0.3 is 5.97 Å². The van der Waals surface area contributed by atoms with Crippen molar-refractivity contribution in [3.05, 3.63) is 29.3 Å². The Bertz CT molecular complexity index is 533. The van der Waals surface area contributed by atoms with Crippen molar-refractivity contribution in [2.45, 2.75) is 58.5 Å². The molecule has 1 aromatic carbocycles.